The molecule has 0 aromatic carbocycles. The molecule has 1 saturated heterocycles. The van der Waals surface area contributed by atoms with Crippen molar-refractivity contribution in [2.24, 2.45) is 0 Å². The molecule has 6 heteroatoms. The number of hydrogen-bond donors (Lipinski definition) is 1. The van der Waals surface area contributed by atoms with Crippen LogP contribution in [0.15, 0.2) is 24.4 Å². The number of amides is 1. The Hall–Kier alpha value is -1.92. The molecule has 2 aromatic heterocycles. The number of carbonyl (C=O) groups is 1. The van der Waals surface area contributed by atoms with Crippen molar-refractivity contribution >= 4 is 11.6 Å². The van der Waals surface area contributed by atoms with Gasteiger partial charge in [-0.25, -0.2) is 4.98 Å². The molecule has 1 aliphatic rings. The Bertz CT molecular complexity index is 647. The molecule has 1 amide bonds. The SMILES string of the molecule is Cc1cccc2nc(CNC(=O)COC[C@H]3CCCO3)cn12. The van der Waals surface area contributed by atoms with E-state index in [1.165, 1.54) is 0 Å². The van der Waals surface area contributed by atoms with E-state index in [0.29, 0.717) is 13.2 Å². The molecule has 0 saturated carbocycles. The Morgan fingerprint density at radius 3 is 3.23 bits per heavy atom. The molecule has 3 rings (SSSR count). The van der Waals surface area contributed by atoms with Gasteiger partial charge in [0.2, 0.25) is 5.91 Å². The maximum Gasteiger partial charge on any atom is 0.246 e. The molecule has 3 heterocycles. The molecular weight excluding hydrogens is 282 g/mol. The minimum atomic E-state index is -0.133. The third-order valence-corrected chi connectivity index (χ3v) is 3.77. The van der Waals surface area contributed by atoms with Gasteiger partial charge in [-0.05, 0) is 31.9 Å². The molecule has 1 fully saturated rings. The minimum Gasteiger partial charge on any atom is -0.376 e. The van der Waals surface area contributed by atoms with Gasteiger partial charge in [0.05, 0.1) is 24.9 Å². The fourth-order valence-corrected chi connectivity index (χ4v) is 2.58. The van der Waals surface area contributed by atoms with Crippen LogP contribution in [0.25, 0.3) is 5.65 Å². The van der Waals surface area contributed by atoms with E-state index in [4.69, 9.17) is 9.47 Å². The van der Waals surface area contributed by atoms with E-state index in [2.05, 4.69) is 10.3 Å². The average molecular weight is 303 g/mol. The van der Waals surface area contributed by atoms with Crippen LogP contribution in [0.2, 0.25) is 0 Å². The lowest BCUT2D eigenvalue weighted by atomic mass is 10.2. The number of nitrogens with zero attached hydrogens (tertiary/aromatic N) is 2. The Morgan fingerprint density at radius 2 is 2.45 bits per heavy atom. The highest BCUT2D eigenvalue weighted by molar-refractivity contribution is 5.77. The van der Waals surface area contributed by atoms with Crippen LogP contribution in [0, 0.1) is 6.92 Å². The number of fused-ring (bicyclic) bond motifs is 1. The molecule has 0 bridgehead atoms. The van der Waals surface area contributed by atoms with Crippen molar-refractivity contribution in [3.05, 3.63) is 35.8 Å². The summed E-state index contributed by atoms with van der Waals surface area (Å²) < 4.78 is 12.8. The van der Waals surface area contributed by atoms with Crippen molar-refractivity contribution in [3.63, 3.8) is 0 Å². The number of pyridine rings is 1. The van der Waals surface area contributed by atoms with Gasteiger partial charge in [0.15, 0.2) is 0 Å². The summed E-state index contributed by atoms with van der Waals surface area (Å²) in [6.45, 7) is 3.78. The summed E-state index contributed by atoms with van der Waals surface area (Å²) in [5.74, 6) is -0.133. The second kappa shape index (κ2) is 6.89. The first-order valence-electron chi connectivity index (χ1n) is 7.62. The van der Waals surface area contributed by atoms with E-state index in [0.717, 1.165) is 36.5 Å². The summed E-state index contributed by atoms with van der Waals surface area (Å²) in [6, 6.07) is 5.94. The lowest BCUT2D eigenvalue weighted by molar-refractivity contribution is -0.127. The van der Waals surface area contributed by atoms with Gasteiger partial charge in [-0.1, -0.05) is 6.07 Å². The number of nitrogens with one attached hydrogen (secondary N) is 1. The van der Waals surface area contributed by atoms with E-state index >= 15 is 0 Å². The monoisotopic (exact) mass is 303 g/mol. The smallest absolute Gasteiger partial charge is 0.246 e. The Morgan fingerprint density at radius 1 is 1.55 bits per heavy atom. The van der Waals surface area contributed by atoms with Crippen LogP contribution in [0.3, 0.4) is 0 Å². The standard InChI is InChI=1S/C16H21N3O3/c1-12-4-2-6-15-18-13(9-19(12)15)8-17-16(20)11-21-10-14-5-3-7-22-14/h2,4,6,9,14H,3,5,7-8,10-11H2,1H3,(H,17,20)/t14-/m1/s1. The number of carbonyl (C=O) groups excluding carboxylic acids is 1. The van der Waals surface area contributed by atoms with E-state index in [9.17, 15) is 4.79 Å². The van der Waals surface area contributed by atoms with Crippen molar-refractivity contribution in [2.75, 3.05) is 19.8 Å². The zero-order chi connectivity index (χ0) is 15.4. The molecule has 1 aliphatic heterocycles. The predicted octanol–water partition coefficient (Wildman–Crippen LogP) is 1.45. The second-order valence-corrected chi connectivity index (χ2v) is 5.55. The maximum atomic E-state index is 11.8. The number of imidazole rings is 1. The second-order valence-electron chi connectivity index (χ2n) is 5.55. The molecular formula is C16H21N3O3. The van der Waals surface area contributed by atoms with E-state index in [1.807, 2.05) is 35.7 Å². The summed E-state index contributed by atoms with van der Waals surface area (Å²) in [4.78, 5) is 16.2. The van der Waals surface area contributed by atoms with Crippen molar-refractivity contribution in [3.8, 4) is 0 Å². The first-order chi connectivity index (χ1) is 10.7. The van der Waals surface area contributed by atoms with Gasteiger partial charge in [-0.15, -0.1) is 0 Å². The third-order valence-electron chi connectivity index (χ3n) is 3.77. The van der Waals surface area contributed by atoms with Crippen LogP contribution in [0.4, 0.5) is 0 Å². The molecule has 2 aromatic rings. The zero-order valence-electron chi connectivity index (χ0n) is 12.7. The minimum absolute atomic E-state index is 0.0618. The van der Waals surface area contributed by atoms with Gasteiger partial charge in [-0.3, -0.25) is 4.79 Å². The van der Waals surface area contributed by atoms with Gasteiger partial charge in [0, 0.05) is 18.5 Å². The van der Waals surface area contributed by atoms with Crippen LogP contribution >= 0.6 is 0 Å². The number of aryl methyl sites for hydroxylation is 1. The maximum absolute atomic E-state index is 11.8. The molecule has 118 valence electrons. The molecule has 0 unspecified atom stereocenters. The van der Waals surface area contributed by atoms with Crippen LogP contribution in [0.1, 0.15) is 24.2 Å². The molecule has 22 heavy (non-hydrogen) atoms. The van der Waals surface area contributed by atoms with Crippen molar-refractivity contribution in [1.82, 2.24) is 14.7 Å². The van der Waals surface area contributed by atoms with Crippen molar-refractivity contribution in [2.45, 2.75) is 32.4 Å². The average Bonchev–Trinajstić information content (AvgIpc) is 3.15. The third kappa shape index (κ3) is 3.64. The first-order valence-corrected chi connectivity index (χ1v) is 7.62. The zero-order valence-corrected chi connectivity index (χ0v) is 12.7. The number of ether oxygens (including phenoxy) is 2. The fourth-order valence-electron chi connectivity index (χ4n) is 2.58. The van der Waals surface area contributed by atoms with Crippen molar-refractivity contribution < 1.29 is 14.3 Å². The van der Waals surface area contributed by atoms with Crippen LogP contribution in [-0.2, 0) is 20.8 Å². The predicted molar refractivity (Wildman–Crippen MR) is 81.6 cm³/mol. The summed E-state index contributed by atoms with van der Waals surface area (Å²) >= 11 is 0. The van der Waals surface area contributed by atoms with Crippen LogP contribution in [-0.4, -0.2) is 41.2 Å². The molecule has 0 spiro atoms. The van der Waals surface area contributed by atoms with Gasteiger partial charge >= 0.3 is 0 Å². The largest absolute Gasteiger partial charge is 0.376 e. The first kappa shape index (κ1) is 15.0. The number of hydrogen-bond acceptors (Lipinski definition) is 4. The highest BCUT2D eigenvalue weighted by Gasteiger charge is 2.16. The summed E-state index contributed by atoms with van der Waals surface area (Å²) in [5.41, 5.74) is 2.84. The Kier molecular flexibility index (Phi) is 4.70. The van der Waals surface area contributed by atoms with Crippen molar-refractivity contribution in [1.29, 1.82) is 0 Å². The Labute approximate surface area is 129 Å². The summed E-state index contributed by atoms with van der Waals surface area (Å²) in [5, 5.41) is 2.82. The Balaban J connectivity index is 1.44. The fraction of sp³-hybridized carbons (Fsp3) is 0.500. The molecule has 0 aliphatic carbocycles. The van der Waals surface area contributed by atoms with Gasteiger partial charge < -0.3 is 19.2 Å². The molecule has 1 N–H and O–H groups in total. The summed E-state index contributed by atoms with van der Waals surface area (Å²) in [6.07, 6.45) is 4.18. The summed E-state index contributed by atoms with van der Waals surface area (Å²) in [7, 11) is 0. The van der Waals surface area contributed by atoms with Crippen LogP contribution in [0.5, 0.6) is 0 Å². The van der Waals surface area contributed by atoms with Gasteiger partial charge in [0.25, 0.3) is 0 Å². The van der Waals surface area contributed by atoms with E-state index < -0.39 is 0 Å². The van der Waals surface area contributed by atoms with E-state index in [-0.39, 0.29) is 18.6 Å². The lowest BCUT2D eigenvalue weighted by Crippen LogP contribution is -2.28. The van der Waals surface area contributed by atoms with Gasteiger partial charge in [-0.2, -0.15) is 0 Å². The normalized spacial score (nSPS) is 18.0. The topological polar surface area (TPSA) is 64.9 Å². The molecule has 0 radical (unpaired) electrons. The highest BCUT2D eigenvalue weighted by Crippen LogP contribution is 2.11. The number of aromatic nitrogens is 2. The molecule has 6 nitrogen and oxygen atoms in total. The van der Waals surface area contributed by atoms with Gasteiger partial charge in [0.1, 0.15) is 12.3 Å². The highest BCUT2D eigenvalue weighted by atomic mass is 16.5. The lowest BCUT2D eigenvalue weighted by Gasteiger charge is -2.09. The molecule has 1 atom stereocenters. The number of rotatable bonds is 6. The van der Waals surface area contributed by atoms with Crippen LogP contribution < -0.4 is 5.32 Å². The van der Waals surface area contributed by atoms with E-state index in [1.54, 1.807) is 0 Å². The quantitative estimate of drug-likeness (QED) is 0.877.